The van der Waals surface area contributed by atoms with Crippen LogP contribution in [-0.2, 0) is 22.0 Å². The Morgan fingerprint density at radius 2 is 1.50 bits per heavy atom. The van der Waals surface area contributed by atoms with Crippen LogP contribution in [-0.4, -0.2) is 28.3 Å². The molecule has 0 saturated heterocycles. The molecule has 0 aliphatic rings. The molecule has 0 aromatic heterocycles. The van der Waals surface area contributed by atoms with Crippen LogP contribution in [0.15, 0.2) is 60.7 Å². The number of amides is 1. The number of phenolic OH excluding ortho intramolecular Hbond substituents is 1. The maximum atomic E-state index is 13.0. The van der Waals surface area contributed by atoms with Gasteiger partial charge in [0.25, 0.3) is 0 Å². The molecule has 0 bridgehead atoms. The number of benzene rings is 3. The maximum Gasteiger partial charge on any atom is 0.234 e. The second-order valence-corrected chi connectivity index (χ2v) is 13.2. The van der Waals surface area contributed by atoms with E-state index in [0.717, 1.165) is 29.7 Å². The van der Waals surface area contributed by atoms with Crippen LogP contribution in [0.2, 0.25) is 5.02 Å². The highest BCUT2D eigenvalue weighted by Gasteiger charge is 2.26. The van der Waals surface area contributed by atoms with Crippen LogP contribution in [0.5, 0.6) is 5.75 Å². The van der Waals surface area contributed by atoms with E-state index >= 15 is 0 Å². The molecule has 0 atom stereocenters. The van der Waals surface area contributed by atoms with Crippen LogP contribution in [0.3, 0.4) is 0 Å². The Kier molecular flexibility index (Phi) is 9.72. The third-order valence-corrected chi connectivity index (χ3v) is 7.59. The zero-order valence-corrected chi connectivity index (χ0v) is 24.7. The number of hydrogen-bond acceptors (Lipinski definition) is 4. The van der Waals surface area contributed by atoms with Gasteiger partial charge in [0.2, 0.25) is 5.91 Å². The first-order valence-electron chi connectivity index (χ1n) is 12.9. The van der Waals surface area contributed by atoms with Gasteiger partial charge < -0.3 is 10.4 Å². The second-order valence-electron chi connectivity index (χ2n) is 11.6. The van der Waals surface area contributed by atoms with Crippen molar-refractivity contribution in [2.45, 2.75) is 65.2 Å². The lowest BCUT2D eigenvalue weighted by Crippen LogP contribution is -2.18. The number of nitrogens with one attached hydrogen (secondary N) is 1. The maximum absolute atomic E-state index is 13.0. The van der Waals surface area contributed by atoms with Crippen molar-refractivity contribution in [3.05, 3.63) is 93.5 Å². The van der Waals surface area contributed by atoms with E-state index in [1.807, 2.05) is 6.07 Å². The number of phenols is 1. The summed E-state index contributed by atoms with van der Waals surface area (Å²) in [7, 11) is 0. The van der Waals surface area contributed by atoms with Gasteiger partial charge in [-0.25, -0.2) is 0 Å². The summed E-state index contributed by atoms with van der Waals surface area (Å²) in [5, 5.41) is 14.3. The molecule has 0 radical (unpaired) electrons. The molecule has 1 amide bonds. The predicted octanol–water partition coefficient (Wildman–Crippen LogP) is 8.18. The summed E-state index contributed by atoms with van der Waals surface area (Å²) in [4.78, 5) is 25.7. The molecule has 6 heteroatoms. The van der Waals surface area contributed by atoms with Crippen molar-refractivity contribution < 1.29 is 14.7 Å². The third kappa shape index (κ3) is 7.87. The zero-order valence-electron chi connectivity index (χ0n) is 23.2. The molecular formula is C32H38ClNO3S. The Morgan fingerprint density at radius 1 is 0.895 bits per heavy atom. The lowest BCUT2D eigenvalue weighted by atomic mass is 9.78. The highest BCUT2D eigenvalue weighted by molar-refractivity contribution is 7.99. The molecule has 2 N–H and O–H groups in total. The van der Waals surface area contributed by atoms with Crippen molar-refractivity contribution in [3.8, 4) is 5.75 Å². The molecule has 38 heavy (non-hydrogen) atoms. The first kappa shape index (κ1) is 29.8. The van der Waals surface area contributed by atoms with Gasteiger partial charge in [-0.1, -0.05) is 95.6 Å². The SMILES string of the molecule is CC(C)(C)c1cc(CCCSCC(=O)Nc2ccc(Cl)cc2C(=O)c2ccccc2)cc(C(C)(C)C)c1O. The zero-order chi connectivity index (χ0) is 28.1. The smallest absolute Gasteiger partial charge is 0.234 e. The third-order valence-electron chi connectivity index (χ3n) is 6.31. The number of carbonyl (C=O) groups excluding carboxylic acids is 2. The quantitative estimate of drug-likeness (QED) is 0.208. The molecule has 0 aliphatic heterocycles. The van der Waals surface area contributed by atoms with Gasteiger partial charge in [0.15, 0.2) is 5.78 Å². The molecule has 0 heterocycles. The Balaban J connectivity index is 1.59. The molecule has 0 aliphatic carbocycles. The number of thioether (sulfide) groups is 1. The Labute approximate surface area is 236 Å². The summed E-state index contributed by atoms with van der Waals surface area (Å²) in [6.45, 7) is 12.7. The predicted molar refractivity (Wildman–Crippen MR) is 161 cm³/mol. The fourth-order valence-corrected chi connectivity index (χ4v) is 5.19. The number of rotatable bonds is 9. The van der Waals surface area contributed by atoms with Crippen LogP contribution < -0.4 is 5.32 Å². The highest BCUT2D eigenvalue weighted by atomic mass is 35.5. The fraction of sp³-hybridized carbons (Fsp3) is 0.375. The summed E-state index contributed by atoms with van der Waals surface area (Å²) in [5.41, 5.74) is 4.20. The Bertz CT molecular complexity index is 1260. The van der Waals surface area contributed by atoms with Crippen molar-refractivity contribution >= 4 is 40.7 Å². The van der Waals surface area contributed by atoms with Crippen LogP contribution >= 0.6 is 23.4 Å². The van der Waals surface area contributed by atoms with E-state index in [2.05, 4.69) is 59.0 Å². The molecule has 3 aromatic rings. The minimum atomic E-state index is -0.186. The van der Waals surface area contributed by atoms with Crippen LogP contribution in [0.25, 0.3) is 0 Å². The van der Waals surface area contributed by atoms with E-state index in [4.69, 9.17) is 11.6 Å². The van der Waals surface area contributed by atoms with Gasteiger partial charge in [0, 0.05) is 16.1 Å². The lowest BCUT2D eigenvalue weighted by molar-refractivity contribution is -0.113. The topological polar surface area (TPSA) is 66.4 Å². The number of anilines is 1. The van der Waals surface area contributed by atoms with Gasteiger partial charge in [0.1, 0.15) is 5.75 Å². The van der Waals surface area contributed by atoms with Crippen LogP contribution in [0.4, 0.5) is 5.69 Å². The molecule has 0 unspecified atom stereocenters. The monoisotopic (exact) mass is 551 g/mol. The lowest BCUT2D eigenvalue weighted by Gasteiger charge is -2.28. The van der Waals surface area contributed by atoms with Crippen LogP contribution in [0, 0.1) is 0 Å². The molecule has 0 fully saturated rings. The Hall–Kier alpha value is -2.76. The van der Waals surface area contributed by atoms with E-state index in [9.17, 15) is 14.7 Å². The molecule has 0 spiro atoms. The standard InChI is InChI=1S/C32H38ClNO3S/c1-31(2,3)25-17-21(18-26(30(25)37)32(4,5)6)11-10-16-38-20-28(35)34-27-15-14-23(33)19-24(27)29(36)22-12-8-7-9-13-22/h7-9,12-15,17-19,37H,10-11,16,20H2,1-6H3,(H,34,35). The largest absolute Gasteiger partial charge is 0.507 e. The first-order chi connectivity index (χ1) is 17.8. The number of ketones is 1. The van der Waals surface area contributed by atoms with Crippen molar-refractivity contribution in [1.29, 1.82) is 0 Å². The molecule has 0 saturated carbocycles. The van der Waals surface area contributed by atoms with Crippen LogP contribution in [0.1, 0.15) is 80.6 Å². The summed E-state index contributed by atoms with van der Waals surface area (Å²) >= 11 is 7.71. The highest BCUT2D eigenvalue weighted by Crippen LogP contribution is 2.40. The number of aromatic hydroxyl groups is 1. The van der Waals surface area contributed by atoms with E-state index < -0.39 is 0 Å². The van der Waals surface area contributed by atoms with E-state index in [1.165, 1.54) is 5.56 Å². The minimum absolute atomic E-state index is 0.157. The average Bonchev–Trinajstić information content (AvgIpc) is 2.84. The van der Waals surface area contributed by atoms with E-state index in [-0.39, 0.29) is 28.3 Å². The number of halogens is 1. The van der Waals surface area contributed by atoms with Gasteiger partial charge in [-0.3, -0.25) is 9.59 Å². The number of hydrogen-bond donors (Lipinski definition) is 2. The summed E-state index contributed by atoms with van der Waals surface area (Å²) < 4.78 is 0. The average molecular weight is 552 g/mol. The molecule has 4 nitrogen and oxygen atoms in total. The first-order valence-corrected chi connectivity index (χ1v) is 14.4. The van der Waals surface area contributed by atoms with Gasteiger partial charge >= 0.3 is 0 Å². The minimum Gasteiger partial charge on any atom is -0.507 e. The van der Waals surface area contributed by atoms with Gasteiger partial charge in [-0.2, -0.15) is 11.8 Å². The van der Waals surface area contributed by atoms with Gasteiger partial charge in [0.05, 0.1) is 11.4 Å². The van der Waals surface area contributed by atoms with Crippen molar-refractivity contribution in [2.75, 3.05) is 16.8 Å². The molecular weight excluding hydrogens is 514 g/mol. The normalized spacial score (nSPS) is 11.9. The van der Waals surface area contributed by atoms with Gasteiger partial charge in [-0.15, -0.1) is 0 Å². The van der Waals surface area contributed by atoms with Crippen molar-refractivity contribution in [3.63, 3.8) is 0 Å². The number of aryl methyl sites for hydroxylation is 1. The summed E-state index contributed by atoms with van der Waals surface area (Å²) in [6, 6.07) is 18.1. The molecule has 3 rings (SSSR count). The summed E-state index contributed by atoms with van der Waals surface area (Å²) in [6.07, 6.45) is 1.78. The van der Waals surface area contributed by atoms with E-state index in [1.54, 1.807) is 54.2 Å². The second kappa shape index (κ2) is 12.4. The molecule has 202 valence electrons. The fourth-order valence-electron chi connectivity index (χ4n) is 4.27. The van der Waals surface area contributed by atoms with E-state index in [0.29, 0.717) is 27.6 Å². The van der Waals surface area contributed by atoms with Crippen molar-refractivity contribution in [1.82, 2.24) is 0 Å². The van der Waals surface area contributed by atoms with Crippen molar-refractivity contribution in [2.24, 2.45) is 0 Å². The molecule has 3 aromatic carbocycles. The van der Waals surface area contributed by atoms with Gasteiger partial charge in [-0.05, 0) is 64.3 Å². The number of carbonyl (C=O) groups is 2. The summed E-state index contributed by atoms with van der Waals surface area (Å²) in [5.74, 6) is 1.16. The Morgan fingerprint density at radius 3 is 2.08 bits per heavy atom.